The number of anilines is 1. The number of benzene rings is 2. The van der Waals surface area contributed by atoms with Crippen molar-refractivity contribution in [1.29, 1.82) is 0 Å². The number of hydrogen-bond donors (Lipinski definition) is 0. The van der Waals surface area contributed by atoms with Crippen LogP contribution in [0, 0.1) is 6.92 Å². The summed E-state index contributed by atoms with van der Waals surface area (Å²) in [7, 11) is 0. The molecule has 1 amide bonds. The number of ether oxygens (including phenoxy) is 2. The Labute approximate surface area is 149 Å². The Morgan fingerprint density at radius 1 is 1.12 bits per heavy atom. The minimum absolute atomic E-state index is 0.119. The molecule has 1 atom stereocenters. The number of carbonyl (C=O) groups is 1. The average Bonchev–Trinajstić information content (AvgIpc) is 2.94. The second-order valence-corrected chi connectivity index (χ2v) is 7.49. The van der Waals surface area contributed by atoms with E-state index < -0.39 is 0 Å². The monoisotopic (exact) mass is 339 g/mol. The predicted molar refractivity (Wildman–Crippen MR) is 99.4 cm³/mol. The predicted octanol–water partition coefficient (Wildman–Crippen LogP) is 4.70. The van der Waals surface area contributed by atoms with E-state index in [0.29, 0.717) is 13.2 Å². The zero-order chi connectivity index (χ0) is 18.0. The van der Waals surface area contributed by atoms with Crippen molar-refractivity contribution in [2.24, 2.45) is 0 Å². The molecule has 0 N–H and O–H groups in total. The summed E-state index contributed by atoms with van der Waals surface area (Å²) < 4.78 is 11.3. The molecular weight excluding hydrogens is 314 g/mol. The molecule has 3 rings (SSSR count). The van der Waals surface area contributed by atoms with E-state index in [1.54, 1.807) is 4.90 Å². The number of amides is 1. The first-order valence-corrected chi connectivity index (χ1v) is 8.62. The zero-order valence-corrected chi connectivity index (χ0v) is 15.3. The molecule has 0 bridgehead atoms. The van der Waals surface area contributed by atoms with Gasteiger partial charge < -0.3 is 9.47 Å². The second kappa shape index (κ2) is 6.79. The molecule has 1 saturated heterocycles. The molecule has 0 spiro atoms. The fraction of sp³-hybridized carbons (Fsp3) is 0.381. The van der Waals surface area contributed by atoms with E-state index in [1.165, 1.54) is 5.56 Å². The van der Waals surface area contributed by atoms with E-state index in [1.807, 2.05) is 43.3 Å². The summed E-state index contributed by atoms with van der Waals surface area (Å²) >= 11 is 0. The maximum Gasteiger partial charge on any atom is 0.414 e. The number of hydrogen-bond acceptors (Lipinski definition) is 3. The van der Waals surface area contributed by atoms with Gasteiger partial charge in [-0.05, 0) is 41.7 Å². The molecule has 1 unspecified atom stereocenters. The molecule has 0 radical (unpaired) electrons. The zero-order valence-electron chi connectivity index (χ0n) is 15.3. The van der Waals surface area contributed by atoms with Gasteiger partial charge in [-0.1, -0.05) is 51.1 Å². The SMILES string of the molecule is Cc1ccccc1N1CC(COc2ccc(C(C)(C)C)cc2)OC1=O. The molecule has 1 aliphatic heterocycles. The largest absolute Gasteiger partial charge is 0.490 e. The van der Waals surface area contributed by atoms with Gasteiger partial charge >= 0.3 is 6.09 Å². The number of nitrogens with zero attached hydrogens (tertiary/aromatic N) is 1. The standard InChI is InChI=1S/C21H25NO3/c1-15-7-5-6-8-19(15)22-13-18(25-20(22)23)14-24-17-11-9-16(10-12-17)21(2,3)4/h5-12,18H,13-14H2,1-4H3. The van der Waals surface area contributed by atoms with Gasteiger partial charge in [0, 0.05) is 0 Å². The first-order chi connectivity index (χ1) is 11.8. The Balaban J connectivity index is 1.60. The van der Waals surface area contributed by atoms with Crippen LogP contribution in [0.15, 0.2) is 48.5 Å². The van der Waals surface area contributed by atoms with Crippen LogP contribution in [0.4, 0.5) is 10.5 Å². The van der Waals surface area contributed by atoms with Gasteiger partial charge in [0.05, 0.1) is 12.2 Å². The highest BCUT2D eigenvalue weighted by molar-refractivity contribution is 5.90. The van der Waals surface area contributed by atoms with E-state index in [4.69, 9.17) is 9.47 Å². The second-order valence-electron chi connectivity index (χ2n) is 7.49. The third kappa shape index (κ3) is 3.95. The number of rotatable bonds is 4. The minimum atomic E-state index is -0.314. The summed E-state index contributed by atoms with van der Waals surface area (Å²) in [4.78, 5) is 13.8. The third-order valence-corrected chi connectivity index (χ3v) is 4.44. The summed E-state index contributed by atoms with van der Waals surface area (Å²) in [6.07, 6.45) is -0.583. The molecule has 0 aliphatic carbocycles. The summed E-state index contributed by atoms with van der Waals surface area (Å²) in [5, 5.41) is 0. The molecule has 2 aromatic carbocycles. The Morgan fingerprint density at radius 2 is 1.80 bits per heavy atom. The van der Waals surface area contributed by atoms with Crippen LogP contribution in [0.1, 0.15) is 31.9 Å². The average molecular weight is 339 g/mol. The molecule has 2 aromatic rings. The van der Waals surface area contributed by atoms with Crippen molar-refractivity contribution in [3.8, 4) is 5.75 Å². The highest BCUT2D eigenvalue weighted by Crippen LogP contribution is 2.26. The Morgan fingerprint density at radius 3 is 2.44 bits per heavy atom. The van der Waals surface area contributed by atoms with Crippen molar-refractivity contribution in [1.82, 2.24) is 0 Å². The van der Waals surface area contributed by atoms with E-state index in [9.17, 15) is 4.79 Å². The summed E-state index contributed by atoms with van der Waals surface area (Å²) in [6, 6.07) is 15.9. The van der Waals surface area contributed by atoms with Crippen molar-refractivity contribution >= 4 is 11.8 Å². The molecule has 25 heavy (non-hydrogen) atoms. The van der Waals surface area contributed by atoms with Gasteiger partial charge in [-0.15, -0.1) is 0 Å². The number of para-hydroxylation sites is 1. The lowest BCUT2D eigenvalue weighted by Gasteiger charge is -2.19. The van der Waals surface area contributed by atoms with E-state index in [-0.39, 0.29) is 17.6 Å². The quantitative estimate of drug-likeness (QED) is 0.810. The van der Waals surface area contributed by atoms with Crippen LogP contribution in [0.25, 0.3) is 0 Å². The summed E-state index contributed by atoms with van der Waals surface area (Å²) in [6.45, 7) is 9.39. The molecule has 0 saturated carbocycles. The Bertz CT molecular complexity index is 746. The van der Waals surface area contributed by atoms with Crippen molar-refractivity contribution in [2.75, 3.05) is 18.1 Å². The topological polar surface area (TPSA) is 38.8 Å². The van der Waals surface area contributed by atoms with Crippen molar-refractivity contribution in [3.63, 3.8) is 0 Å². The van der Waals surface area contributed by atoms with Gasteiger partial charge in [0.25, 0.3) is 0 Å². The fourth-order valence-electron chi connectivity index (χ4n) is 2.91. The van der Waals surface area contributed by atoms with Gasteiger partial charge in [-0.2, -0.15) is 0 Å². The van der Waals surface area contributed by atoms with Gasteiger partial charge in [0.15, 0.2) is 6.10 Å². The van der Waals surface area contributed by atoms with Gasteiger partial charge in [0.2, 0.25) is 0 Å². The molecule has 4 nitrogen and oxygen atoms in total. The highest BCUT2D eigenvalue weighted by Gasteiger charge is 2.33. The first-order valence-electron chi connectivity index (χ1n) is 8.62. The molecule has 1 heterocycles. The molecule has 0 aromatic heterocycles. The van der Waals surface area contributed by atoms with Gasteiger partial charge in [-0.3, -0.25) is 4.90 Å². The molecule has 4 heteroatoms. The molecule has 132 valence electrons. The van der Waals surface area contributed by atoms with Crippen LogP contribution in [-0.4, -0.2) is 25.3 Å². The molecular formula is C21H25NO3. The Kier molecular flexibility index (Phi) is 4.71. The van der Waals surface area contributed by atoms with Crippen LogP contribution in [0.5, 0.6) is 5.75 Å². The maximum absolute atomic E-state index is 12.2. The lowest BCUT2D eigenvalue weighted by atomic mass is 9.87. The Hall–Kier alpha value is -2.49. The van der Waals surface area contributed by atoms with Crippen molar-refractivity contribution < 1.29 is 14.3 Å². The van der Waals surface area contributed by atoms with Gasteiger partial charge in [-0.25, -0.2) is 4.79 Å². The van der Waals surface area contributed by atoms with E-state index >= 15 is 0 Å². The smallest absolute Gasteiger partial charge is 0.414 e. The lowest BCUT2D eigenvalue weighted by molar-refractivity contribution is 0.105. The van der Waals surface area contributed by atoms with Crippen LogP contribution < -0.4 is 9.64 Å². The van der Waals surface area contributed by atoms with E-state index in [2.05, 4.69) is 32.9 Å². The summed E-state index contributed by atoms with van der Waals surface area (Å²) in [5.41, 5.74) is 3.33. The maximum atomic E-state index is 12.2. The molecule has 1 fully saturated rings. The fourth-order valence-corrected chi connectivity index (χ4v) is 2.91. The van der Waals surface area contributed by atoms with Crippen LogP contribution in [0.3, 0.4) is 0 Å². The number of carbonyl (C=O) groups excluding carboxylic acids is 1. The third-order valence-electron chi connectivity index (χ3n) is 4.44. The van der Waals surface area contributed by atoms with Crippen molar-refractivity contribution in [2.45, 2.75) is 39.2 Å². The van der Waals surface area contributed by atoms with E-state index in [0.717, 1.165) is 17.0 Å². The van der Waals surface area contributed by atoms with Crippen molar-refractivity contribution in [3.05, 3.63) is 59.7 Å². The van der Waals surface area contributed by atoms with Gasteiger partial charge in [0.1, 0.15) is 12.4 Å². The van der Waals surface area contributed by atoms with Crippen LogP contribution in [0.2, 0.25) is 0 Å². The minimum Gasteiger partial charge on any atom is -0.490 e. The molecule has 1 aliphatic rings. The number of cyclic esters (lactones) is 1. The highest BCUT2D eigenvalue weighted by atomic mass is 16.6. The summed E-state index contributed by atoms with van der Waals surface area (Å²) in [5.74, 6) is 0.790. The lowest BCUT2D eigenvalue weighted by Crippen LogP contribution is -2.27. The van der Waals surface area contributed by atoms with Crippen LogP contribution in [-0.2, 0) is 10.2 Å². The first kappa shape index (κ1) is 17.3. The number of aryl methyl sites for hydroxylation is 1. The van der Waals surface area contributed by atoms with Crippen LogP contribution >= 0.6 is 0 Å². The normalized spacial score (nSPS) is 17.5.